The average Bonchev–Trinajstić information content (AvgIpc) is 2.02. The number of hydrogen-bond donors (Lipinski definition) is 0. The van der Waals surface area contributed by atoms with Crippen molar-refractivity contribution in [1.29, 1.82) is 0 Å². The van der Waals surface area contributed by atoms with Crippen LogP contribution in [0, 0.1) is 0 Å². The second kappa shape index (κ2) is 3.89. The van der Waals surface area contributed by atoms with Crippen molar-refractivity contribution < 1.29 is 13.2 Å². The third-order valence-electron chi connectivity index (χ3n) is 1.42. The molecular formula is C7H3BrF3N3. The fourth-order valence-electron chi connectivity index (χ4n) is 0.875. The Morgan fingerprint density at radius 1 is 1.36 bits per heavy atom. The number of benzene rings is 1. The highest BCUT2D eigenvalue weighted by Gasteiger charge is 2.32. The zero-order valence-corrected chi connectivity index (χ0v) is 8.17. The summed E-state index contributed by atoms with van der Waals surface area (Å²) >= 11 is 2.98. The first-order chi connectivity index (χ1) is 6.45. The fourth-order valence-corrected chi connectivity index (χ4v) is 1.22. The zero-order chi connectivity index (χ0) is 10.8. The molecule has 0 aliphatic heterocycles. The van der Waals surface area contributed by atoms with Crippen LogP contribution in [0.15, 0.2) is 27.8 Å². The van der Waals surface area contributed by atoms with Gasteiger partial charge in [-0.15, -0.1) is 0 Å². The highest BCUT2D eigenvalue weighted by Crippen LogP contribution is 2.37. The van der Waals surface area contributed by atoms with Crippen LogP contribution in [0.3, 0.4) is 0 Å². The molecule has 0 fully saturated rings. The fraction of sp³-hybridized carbons (Fsp3) is 0.143. The first-order valence-corrected chi connectivity index (χ1v) is 4.16. The molecule has 0 amide bonds. The van der Waals surface area contributed by atoms with Gasteiger partial charge in [-0.2, -0.15) is 13.2 Å². The molecule has 1 aromatic carbocycles. The molecule has 0 saturated carbocycles. The molecule has 1 aromatic rings. The van der Waals surface area contributed by atoms with E-state index < -0.39 is 17.4 Å². The zero-order valence-electron chi connectivity index (χ0n) is 6.59. The summed E-state index contributed by atoms with van der Waals surface area (Å²) in [7, 11) is 0. The maximum atomic E-state index is 12.3. The minimum atomic E-state index is -4.51. The van der Waals surface area contributed by atoms with Crippen LogP contribution in [0.25, 0.3) is 10.4 Å². The molecule has 0 unspecified atom stereocenters. The van der Waals surface area contributed by atoms with Gasteiger partial charge in [0.1, 0.15) is 0 Å². The van der Waals surface area contributed by atoms with Crippen molar-refractivity contribution in [3.8, 4) is 0 Å². The normalized spacial score (nSPS) is 10.9. The largest absolute Gasteiger partial charge is 0.416 e. The van der Waals surface area contributed by atoms with Crippen LogP contribution in [0.1, 0.15) is 5.56 Å². The monoisotopic (exact) mass is 265 g/mol. The van der Waals surface area contributed by atoms with Crippen LogP contribution < -0.4 is 0 Å². The van der Waals surface area contributed by atoms with E-state index in [-0.39, 0.29) is 0 Å². The van der Waals surface area contributed by atoms with Crippen LogP contribution in [-0.4, -0.2) is 0 Å². The van der Waals surface area contributed by atoms with Gasteiger partial charge in [-0.3, -0.25) is 0 Å². The van der Waals surface area contributed by atoms with Crippen LogP contribution in [0.2, 0.25) is 0 Å². The molecule has 1 rings (SSSR count). The van der Waals surface area contributed by atoms with Crippen molar-refractivity contribution in [2.24, 2.45) is 5.11 Å². The summed E-state index contributed by atoms with van der Waals surface area (Å²) < 4.78 is 37.3. The average molecular weight is 266 g/mol. The van der Waals surface area contributed by atoms with E-state index in [0.29, 0.717) is 4.47 Å². The van der Waals surface area contributed by atoms with Crippen molar-refractivity contribution >= 4 is 21.6 Å². The molecule has 0 bridgehead atoms. The lowest BCUT2D eigenvalue weighted by atomic mass is 10.2. The second-order valence-corrected chi connectivity index (χ2v) is 3.26. The lowest BCUT2D eigenvalue weighted by molar-refractivity contribution is -0.137. The van der Waals surface area contributed by atoms with Gasteiger partial charge in [0.25, 0.3) is 0 Å². The molecule has 14 heavy (non-hydrogen) atoms. The Bertz CT molecular complexity index is 396. The Balaban J connectivity index is 3.36. The number of hydrogen-bond acceptors (Lipinski definition) is 1. The first kappa shape index (κ1) is 10.9. The third-order valence-corrected chi connectivity index (χ3v) is 1.91. The van der Waals surface area contributed by atoms with Gasteiger partial charge in [0.15, 0.2) is 0 Å². The first-order valence-electron chi connectivity index (χ1n) is 3.37. The topological polar surface area (TPSA) is 48.8 Å². The summed E-state index contributed by atoms with van der Waals surface area (Å²) in [5, 5.41) is 2.96. The smallest absolute Gasteiger partial charge is 0.166 e. The maximum absolute atomic E-state index is 12.3. The SMILES string of the molecule is [N-]=[N+]=Nc1cc(Br)ccc1C(F)(F)F. The van der Waals surface area contributed by atoms with Crippen molar-refractivity contribution in [1.82, 2.24) is 0 Å². The minimum absolute atomic E-state index is 0.424. The van der Waals surface area contributed by atoms with Crippen molar-refractivity contribution in [2.75, 3.05) is 0 Å². The van der Waals surface area contributed by atoms with E-state index in [1.54, 1.807) is 0 Å². The summed E-state index contributed by atoms with van der Waals surface area (Å²) in [5.74, 6) is 0. The van der Waals surface area contributed by atoms with Crippen LogP contribution in [0.4, 0.5) is 18.9 Å². The summed E-state index contributed by atoms with van der Waals surface area (Å²) in [6.45, 7) is 0. The van der Waals surface area contributed by atoms with Crippen LogP contribution in [0.5, 0.6) is 0 Å². The number of alkyl halides is 3. The van der Waals surface area contributed by atoms with Gasteiger partial charge in [-0.05, 0) is 23.7 Å². The maximum Gasteiger partial charge on any atom is 0.416 e. The molecule has 0 atom stereocenters. The molecule has 0 radical (unpaired) electrons. The van der Waals surface area contributed by atoms with Gasteiger partial charge < -0.3 is 0 Å². The molecular weight excluding hydrogens is 263 g/mol. The Hall–Kier alpha value is -1.20. The summed E-state index contributed by atoms with van der Waals surface area (Å²) in [6.07, 6.45) is -4.51. The Morgan fingerprint density at radius 2 is 2.00 bits per heavy atom. The number of halogens is 4. The highest BCUT2D eigenvalue weighted by atomic mass is 79.9. The molecule has 3 nitrogen and oxygen atoms in total. The molecule has 7 heteroatoms. The summed E-state index contributed by atoms with van der Waals surface area (Å²) in [5.41, 5.74) is 6.69. The molecule has 0 aromatic heterocycles. The molecule has 0 spiro atoms. The van der Waals surface area contributed by atoms with Crippen LogP contribution in [-0.2, 0) is 6.18 Å². The third kappa shape index (κ3) is 2.40. The van der Waals surface area contributed by atoms with E-state index in [2.05, 4.69) is 26.0 Å². The Labute approximate surface area is 85.3 Å². The highest BCUT2D eigenvalue weighted by molar-refractivity contribution is 9.10. The minimum Gasteiger partial charge on any atom is -0.166 e. The predicted octanol–water partition coefficient (Wildman–Crippen LogP) is 4.41. The molecule has 0 N–H and O–H groups in total. The quantitative estimate of drug-likeness (QED) is 0.410. The van der Waals surface area contributed by atoms with Crippen molar-refractivity contribution in [3.05, 3.63) is 38.7 Å². The lowest BCUT2D eigenvalue weighted by Crippen LogP contribution is -2.04. The van der Waals surface area contributed by atoms with Crippen molar-refractivity contribution in [2.45, 2.75) is 6.18 Å². The second-order valence-electron chi connectivity index (χ2n) is 2.35. The summed E-state index contributed by atoms with van der Waals surface area (Å²) in [6, 6.07) is 3.20. The predicted molar refractivity (Wildman–Crippen MR) is 48.0 cm³/mol. The molecule has 0 aliphatic rings. The Morgan fingerprint density at radius 3 is 2.50 bits per heavy atom. The van der Waals surface area contributed by atoms with E-state index in [9.17, 15) is 13.2 Å². The Kier molecular flexibility index (Phi) is 3.03. The van der Waals surface area contributed by atoms with Gasteiger partial charge in [-0.25, -0.2) is 0 Å². The molecule has 0 heterocycles. The standard InChI is InChI=1S/C7H3BrF3N3/c8-4-1-2-5(7(9,10)11)6(3-4)13-14-12/h1-3H. The van der Waals surface area contributed by atoms with Crippen molar-refractivity contribution in [3.63, 3.8) is 0 Å². The number of rotatable bonds is 1. The van der Waals surface area contributed by atoms with Gasteiger partial charge in [0.05, 0.1) is 11.3 Å². The number of nitrogens with zero attached hydrogens (tertiary/aromatic N) is 3. The van der Waals surface area contributed by atoms with Gasteiger partial charge >= 0.3 is 6.18 Å². The summed E-state index contributed by atoms with van der Waals surface area (Å²) in [4.78, 5) is 2.33. The molecule has 0 saturated heterocycles. The number of azide groups is 1. The van der Waals surface area contributed by atoms with E-state index >= 15 is 0 Å². The van der Waals surface area contributed by atoms with E-state index in [4.69, 9.17) is 5.53 Å². The van der Waals surface area contributed by atoms with Gasteiger partial charge in [0, 0.05) is 9.38 Å². The van der Waals surface area contributed by atoms with E-state index in [1.807, 2.05) is 0 Å². The van der Waals surface area contributed by atoms with E-state index in [1.165, 1.54) is 6.07 Å². The molecule has 0 aliphatic carbocycles. The van der Waals surface area contributed by atoms with Gasteiger partial charge in [-0.1, -0.05) is 21.0 Å². The van der Waals surface area contributed by atoms with Crippen LogP contribution >= 0.6 is 15.9 Å². The lowest BCUT2D eigenvalue weighted by Gasteiger charge is -2.09. The van der Waals surface area contributed by atoms with E-state index in [0.717, 1.165) is 12.1 Å². The van der Waals surface area contributed by atoms with Gasteiger partial charge in [0.2, 0.25) is 0 Å². The molecule has 74 valence electrons.